The van der Waals surface area contributed by atoms with Crippen LogP contribution in [0.15, 0.2) is 54.7 Å². The summed E-state index contributed by atoms with van der Waals surface area (Å²) in [6, 6.07) is 13.6. The highest BCUT2D eigenvalue weighted by atomic mass is 19.1. The lowest BCUT2D eigenvalue weighted by molar-refractivity contribution is 0.0640. The van der Waals surface area contributed by atoms with E-state index in [1.807, 2.05) is 35.4 Å². The van der Waals surface area contributed by atoms with Gasteiger partial charge in [-0.2, -0.15) is 0 Å². The molecule has 1 fully saturated rings. The number of fused-ring (bicyclic) bond motifs is 4. The van der Waals surface area contributed by atoms with E-state index in [0.29, 0.717) is 23.6 Å². The zero-order valence-corrected chi connectivity index (χ0v) is 16.0. The van der Waals surface area contributed by atoms with E-state index < -0.39 is 0 Å². The fourth-order valence-electron chi connectivity index (χ4n) is 4.49. The van der Waals surface area contributed by atoms with Crippen LogP contribution >= 0.6 is 0 Å². The molecule has 0 N–H and O–H groups in total. The summed E-state index contributed by atoms with van der Waals surface area (Å²) in [6.45, 7) is 0. The maximum atomic E-state index is 13.3. The summed E-state index contributed by atoms with van der Waals surface area (Å²) in [5.41, 5.74) is 3.36. The van der Waals surface area contributed by atoms with Gasteiger partial charge in [-0.25, -0.2) is 14.4 Å². The summed E-state index contributed by atoms with van der Waals surface area (Å²) in [5, 5.41) is 0. The minimum Gasteiger partial charge on any atom is -0.496 e. The lowest BCUT2D eigenvalue weighted by Gasteiger charge is -2.36. The Kier molecular flexibility index (Phi) is 4.27. The molecule has 29 heavy (non-hydrogen) atoms. The molecule has 3 aromatic rings. The van der Waals surface area contributed by atoms with Gasteiger partial charge in [0.25, 0.3) is 5.91 Å². The molecule has 2 bridgehead atoms. The first kappa shape index (κ1) is 17.8. The van der Waals surface area contributed by atoms with Gasteiger partial charge in [-0.15, -0.1) is 0 Å². The number of aromatic nitrogens is 2. The molecule has 0 spiro atoms. The number of halogens is 1. The smallest absolute Gasteiger partial charge is 0.258 e. The summed E-state index contributed by atoms with van der Waals surface area (Å²) in [5.74, 6) is 0.886. The summed E-state index contributed by atoms with van der Waals surface area (Å²) in [4.78, 5) is 24.6. The van der Waals surface area contributed by atoms with E-state index in [4.69, 9.17) is 9.72 Å². The van der Waals surface area contributed by atoms with Crippen LogP contribution < -0.4 is 4.74 Å². The van der Waals surface area contributed by atoms with E-state index in [1.165, 1.54) is 12.1 Å². The number of hydrogen-bond acceptors (Lipinski definition) is 4. The van der Waals surface area contributed by atoms with Crippen molar-refractivity contribution in [1.82, 2.24) is 14.9 Å². The second-order valence-electron chi connectivity index (χ2n) is 7.47. The SMILES string of the molecule is COc1ccccc1C(=O)N1C2CCC1c1cnc(-c3ccc(F)cc3)nc1C2. The molecule has 2 aromatic carbocycles. The number of ether oxygens (including phenoxy) is 1. The lowest BCUT2D eigenvalue weighted by atomic mass is 9.97. The summed E-state index contributed by atoms with van der Waals surface area (Å²) < 4.78 is 18.6. The average molecular weight is 389 g/mol. The number of carbonyl (C=O) groups excluding carboxylic acids is 1. The van der Waals surface area contributed by atoms with Crippen molar-refractivity contribution in [3.63, 3.8) is 0 Å². The highest BCUT2D eigenvalue weighted by molar-refractivity contribution is 5.97. The average Bonchev–Trinajstić information content (AvgIpc) is 3.08. The molecule has 2 aliphatic rings. The fourth-order valence-corrected chi connectivity index (χ4v) is 4.49. The van der Waals surface area contributed by atoms with Gasteiger partial charge in [0.05, 0.1) is 24.4 Å². The van der Waals surface area contributed by atoms with Gasteiger partial charge in [0.15, 0.2) is 5.82 Å². The van der Waals surface area contributed by atoms with Crippen molar-refractivity contribution >= 4 is 5.91 Å². The topological polar surface area (TPSA) is 55.3 Å². The highest BCUT2D eigenvalue weighted by Crippen LogP contribution is 2.44. The molecule has 5 rings (SSSR count). The number of hydrogen-bond donors (Lipinski definition) is 0. The van der Waals surface area contributed by atoms with Gasteiger partial charge < -0.3 is 9.64 Å². The van der Waals surface area contributed by atoms with E-state index in [1.54, 1.807) is 19.2 Å². The third-order valence-corrected chi connectivity index (χ3v) is 5.86. The molecule has 0 saturated carbocycles. The predicted molar refractivity (Wildman–Crippen MR) is 106 cm³/mol. The van der Waals surface area contributed by atoms with Crippen molar-refractivity contribution in [1.29, 1.82) is 0 Å². The monoisotopic (exact) mass is 389 g/mol. The van der Waals surface area contributed by atoms with E-state index in [2.05, 4.69) is 4.98 Å². The number of methoxy groups -OCH3 is 1. The van der Waals surface area contributed by atoms with Crippen LogP contribution in [0, 0.1) is 5.82 Å². The Morgan fingerprint density at radius 2 is 1.93 bits per heavy atom. The molecular formula is C23H20FN3O2. The third kappa shape index (κ3) is 2.95. The van der Waals surface area contributed by atoms with Gasteiger partial charge in [0, 0.05) is 29.8 Å². The molecule has 1 aromatic heterocycles. The normalized spacial score (nSPS) is 19.7. The Labute approximate surface area is 168 Å². The van der Waals surface area contributed by atoms with Gasteiger partial charge in [0.1, 0.15) is 11.6 Å². The van der Waals surface area contributed by atoms with Crippen molar-refractivity contribution in [2.24, 2.45) is 0 Å². The number of nitrogens with zero attached hydrogens (tertiary/aromatic N) is 3. The molecular weight excluding hydrogens is 369 g/mol. The molecule has 1 saturated heterocycles. The number of amides is 1. The summed E-state index contributed by atoms with van der Waals surface area (Å²) >= 11 is 0. The molecule has 6 heteroatoms. The van der Waals surface area contributed by atoms with E-state index in [-0.39, 0.29) is 23.8 Å². The second-order valence-corrected chi connectivity index (χ2v) is 7.47. The van der Waals surface area contributed by atoms with Crippen molar-refractivity contribution in [2.45, 2.75) is 31.3 Å². The van der Waals surface area contributed by atoms with Crippen molar-refractivity contribution in [3.05, 3.63) is 77.4 Å². The van der Waals surface area contributed by atoms with Crippen LogP contribution in [0.2, 0.25) is 0 Å². The van der Waals surface area contributed by atoms with Crippen LogP contribution in [0.5, 0.6) is 5.75 Å². The number of carbonyl (C=O) groups is 1. The molecule has 3 heterocycles. The number of rotatable bonds is 3. The molecule has 1 amide bonds. The minimum absolute atomic E-state index is 0.0109. The van der Waals surface area contributed by atoms with Crippen LogP contribution in [0.25, 0.3) is 11.4 Å². The molecule has 146 valence electrons. The van der Waals surface area contributed by atoms with Gasteiger partial charge in [-0.1, -0.05) is 12.1 Å². The first-order chi connectivity index (χ1) is 14.2. The van der Waals surface area contributed by atoms with Crippen molar-refractivity contribution in [2.75, 3.05) is 7.11 Å². The first-order valence-electron chi connectivity index (χ1n) is 9.73. The Balaban J connectivity index is 1.49. The largest absolute Gasteiger partial charge is 0.496 e. The third-order valence-electron chi connectivity index (χ3n) is 5.86. The summed E-state index contributed by atoms with van der Waals surface area (Å²) in [7, 11) is 1.58. The van der Waals surface area contributed by atoms with Crippen LogP contribution in [-0.4, -0.2) is 33.9 Å². The second kappa shape index (κ2) is 6.95. The molecule has 2 aliphatic heterocycles. The Bertz CT molecular complexity index is 1080. The standard InChI is InChI=1S/C23H20FN3O2/c1-29-21-5-3-2-4-17(21)23(28)27-16-10-11-20(27)18-13-25-22(26-19(18)12-16)14-6-8-15(24)9-7-14/h2-9,13,16,20H,10-12H2,1H3. The fraction of sp³-hybridized carbons (Fsp3) is 0.261. The summed E-state index contributed by atoms with van der Waals surface area (Å²) in [6.07, 6.45) is 4.37. The quantitative estimate of drug-likeness (QED) is 0.674. The minimum atomic E-state index is -0.282. The molecule has 0 radical (unpaired) electrons. The van der Waals surface area contributed by atoms with Gasteiger partial charge >= 0.3 is 0 Å². The molecule has 2 atom stereocenters. The maximum Gasteiger partial charge on any atom is 0.258 e. The van der Waals surface area contributed by atoms with Crippen molar-refractivity contribution in [3.8, 4) is 17.1 Å². The molecule has 2 unspecified atom stereocenters. The zero-order chi connectivity index (χ0) is 20.0. The van der Waals surface area contributed by atoms with E-state index in [0.717, 1.165) is 29.7 Å². The van der Waals surface area contributed by atoms with Crippen LogP contribution in [0.3, 0.4) is 0 Å². The van der Waals surface area contributed by atoms with Gasteiger partial charge in [-0.3, -0.25) is 4.79 Å². The van der Waals surface area contributed by atoms with Crippen molar-refractivity contribution < 1.29 is 13.9 Å². The Hall–Kier alpha value is -3.28. The highest BCUT2D eigenvalue weighted by Gasteiger charge is 2.44. The Morgan fingerprint density at radius 1 is 1.14 bits per heavy atom. The van der Waals surface area contributed by atoms with Crippen LogP contribution in [0.4, 0.5) is 4.39 Å². The Morgan fingerprint density at radius 3 is 2.72 bits per heavy atom. The molecule has 5 nitrogen and oxygen atoms in total. The maximum absolute atomic E-state index is 13.3. The van der Waals surface area contributed by atoms with E-state index >= 15 is 0 Å². The van der Waals surface area contributed by atoms with Crippen LogP contribution in [-0.2, 0) is 6.42 Å². The number of benzene rings is 2. The van der Waals surface area contributed by atoms with Crippen LogP contribution in [0.1, 0.15) is 40.5 Å². The van der Waals surface area contributed by atoms with Gasteiger partial charge in [0.2, 0.25) is 0 Å². The molecule has 0 aliphatic carbocycles. The van der Waals surface area contributed by atoms with E-state index in [9.17, 15) is 9.18 Å². The zero-order valence-electron chi connectivity index (χ0n) is 16.0. The lowest BCUT2D eigenvalue weighted by Crippen LogP contribution is -2.42. The predicted octanol–water partition coefficient (Wildman–Crippen LogP) is 4.19. The number of para-hydroxylation sites is 1. The first-order valence-corrected chi connectivity index (χ1v) is 9.73. The van der Waals surface area contributed by atoms with Gasteiger partial charge in [-0.05, 0) is 49.2 Å².